The summed E-state index contributed by atoms with van der Waals surface area (Å²) in [6.07, 6.45) is 3.16. The normalized spacial score (nSPS) is 20.1. The Morgan fingerprint density at radius 3 is 2.49 bits per heavy atom. The fraction of sp³-hybridized carbons (Fsp3) is 0.462. The van der Waals surface area contributed by atoms with Crippen molar-refractivity contribution >= 4 is 17.8 Å². The first-order chi connectivity index (χ1) is 17.6. The molecule has 8 nitrogen and oxygen atoms in total. The number of halogens is 3. The van der Waals surface area contributed by atoms with Crippen LogP contribution in [-0.2, 0) is 22.7 Å². The molecule has 0 radical (unpaired) electrons. The van der Waals surface area contributed by atoms with Crippen LogP contribution in [0.4, 0.5) is 13.6 Å². The third-order valence-electron chi connectivity index (χ3n) is 6.61. The molecule has 11 heteroatoms. The van der Waals surface area contributed by atoms with Crippen LogP contribution < -0.4 is 0 Å². The van der Waals surface area contributed by atoms with Gasteiger partial charge in [0.2, 0.25) is 0 Å². The van der Waals surface area contributed by atoms with Crippen LogP contribution in [0.2, 0.25) is 5.02 Å². The third-order valence-corrected chi connectivity index (χ3v) is 6.85. The van der Waals surface area contributed by atoms with Gasteiger partial charge in [-0.3, -0.25) is 9.55 Å². The number of nitrogens with zero attached hydrogens (tertiary/aromatic N) is 5. The van der Waals surface area contributed by atoms with Crippen molar-refractivity contribution in [2.24, 2.45) is 0 Å². The average molecular weight is 532 g/mol. The maximum absolute atomic E-state index is 14.3. The van der Waals surface area contributed by atoms with Gasteiger partial charge in [0.05, 0.1) is 30.7 Å². The van der Waals surface area contributed by atoms with Gasteiger partial charge in [-0.1, -0.05) is 11.6 Å². The molecule has 3 heterocycles. The first kappa shape index (κ1) is 25.5. The molecule has 0 spiro atoms. The highest BCUT2D eigenvalue weighted by Gasteiger charge is 2.33. The van der Waals surface area contributed by atoms with E-state index in [1.54, 1.807) is 26.8 Å². The Morgan fingerprint density at radius 2 is 1.78 bits per heavy atom. The van der Waals surface area contributed by atoms with Gasteiger partial charge in [-0.05, 0) is 70.2 Å². The lowest BCUT2D eigenvalue weighted by atomic mass is 9.79. The van der Waals surface area contributed by atoms with Gasteiger partial charge in [0.25, 0.3) is 0 Å². The number of ether oxygens (including phenoxy) is 1. The largest absolute Gasteiger partial charge is 0.528 e. The molecule has 0 N–H and O–H groups in total. The molecule has 0 unspecified atom stereocenters. The number of hydrogen-bond donors (Lipinski definition) is 0. The molecule has 3 aromatic rings. The van der Waals surface area contributed by atoms with E-state index >= 15 is 0 Å². The van der Waals surface area contributed by atoms with E-state index in [0.717, 1.165) is 42.2 Å². The molecule has 1 aromatic carbocycles. The minimum absolute atomic E-state index is 0.0767. The number of fused-ring (bicyclic) bond motifs is 3. The first-order valence-corrected chi connectivity index (χ1v) is 12.6. The van der Waals surface area contributed by atoms with Gasteiger partial charge in [-0.25, -0.2) is 13.6 Å². The predicted molar refractivity (Wildman–Crippen MR) is 131 cm³/mol. The topological polar surface area (TPSA) is 82.4 Å². The zero-order valence-electron chi connectivity index (χ0n) is 20.9. The number of carbonyl (C=O) groups is 1. The Labute approximate surface area is 218 Å². The highest BCUT2D eigenvalue weighted by Crippen LogP contribution is 2.41. The zero-order valence-corrected chi connectivity index (χ0v) is 21.6. The van der Waals surface area contributed by atoms with Crippen LogP contribution in [0.1, 0.15) is 81.2 Å². The number of aromatic nitrogens is 4. The maximum atomic E-state index is 14.3. The van der Waals surface area contributed by atoms with Crippen molar-refractivity contribution in [1.29, 1.82) is 0 Å². The quantitative estimate of drug-likeness (QED) is 0.371. The second kappa shape index (κ2) is 9.98. The van der Waals surface area contributed by atoms with Crippen molar-refractivity contribution < 1.29 is 23.1 Å². The van der Waals surface area contributed by atoms with Crippen LogP contribution in [0.5, 0.6) is 0 Å². The van der Waals surface area contributed by atoms with Crippen LogP contribution in [0.25, 0.3) is 5.69 Å². The van der Waals surface area contributed by atoms with Crippen molar-refractivity contribution in [3.63, 3.8) is 0 Å². The Hall–Kier alpha value is -3.11. The summed E-state index contributed by atoms with van der Waals surface area (Å²) < 4.78 is 34.9. The Balaban J connectivity index is 1.40. The van der Waals surface area contributed by atoms with E-state index in [9.17, 15) is 13.6 Å². The van der Waals surface area contributed by atoms with Crippen LogP contribution in [0.3, 0.4) is 0 Å². The Kier molecular flexibility index (Phi) is 6.89. The lowest BCUT2D eigenvalue weighted by molar-refractivity contribution is -0.155. The summed E-state index contributed by atoms with van der Waals surface area (Å²) in [6, 6.07) is 6.44. The molecule has 1 fully saturated rings. The Morgan fingerprint density at radius 1 is 1.05 bits per heavy atom. The van der Waals surface area contributed by atoms with Crippen molar-refractivity contribution in [2.75, 3.05) is 0 Å². The van der Waals surface area contributed by atoms with E-state index in [2.05, 4.69) is 15.2 Å². The maximum Gasteiger partial charge on any atom is 0.528 e. The molecule has 0 bridgehead atoms. The fourth-order valence-corrected chi connectivity index (χ4v) is 5.25. The summed E-state index contributed by atoms with van der Waals surface area (Å²) in [4.78, 5) is 21.9. The summed E-state index contributed by atoms with van der Waals surface area (Å²) in [5.74, 6) is 0.145. The van der Waals surface area contributed by atoms with Crippen molar-refractivity contribution in [3.8, 4) is 5.69 Å². The number of benzene rings is 1. The molecule has 2 aromatic heterocycles. The molecule has 1 saturated carbocycles. The van der Waals surface area contributed by atoms with Crippen molar-refractivity contribution in [3.05, 3.63) is 70.0 Å². The molecule has 2 aliphatic rings. The molecule has 0 saturated heterocycles. The predicted octanol–water partition coefficient (Wildman–Crippen LogP) is 6.22. The molecule has 196 valence electrons. The molecule has 5 rings (SSSR count). The minimum Gasteiger partial charge on any atom is -0.427 e. The number of pyridine rings is 1. The van der Waals surface area contributed by atoms with E-state index in [1.165, 1.54) is 5.06 Å². The number of carbonyl (C=O) groups excluding carboxylic acids is 1. The third kappa shape index (κ3) is 5.60. The molecular weight excluding hydrogens is 504 g/mol. The minimum atomic E-state index is -0.802. The van der Waals surface area contributed by atoms with Gasteiger partial charge in [0.15, 0.2) is 5.82 Å². The summed E-state index contributed by atoms with van der Waals surface area (Å²) in [7, 11) is 0. The van der Waals surface area contributed by atoms with Gasteiger partial charge in [-0.2, -0.15) is 0 Å². The second-order valence-electron chi connectivity index (χ2n) is 10.5. The molecule has 37 heavy (non-hydrogen) atoms. The van der Waals surface area contributed by atoms with E-state index < -0.39 is 23.4 Å². The molecule has 0 atom stereocenters. The molecular formula is C26H28ClF2N5O3. The van der Waals surface area contributed by atoms with Gasteiger partial charge in [0, 0.05) is 22.9 Å². The highest BCUT2D eigenvalue weighted by molar-refractivity contribution is 6.30. The SMILES string of the molecule is CC(C)(C)OC(=O)ON1Cc2cc(Cl)ccc2-n2c(nnc2C2CCC(c3ncc(F)cc3F)CC2)C1. The fourth-order valence-electron chi connectivity index (χ4n) is 5.05. The smallest absolute Gasteiger partial charge is 0.427 e. The van der Waals surface area contributed by atoms with Crippen LogP contribution in [-0.4, -0.2) is 36.6 Å². The average Bonchev–Trinajstić information content (AvgIpc) is 3.15. The van der Waals surface area contributed by atoms with Gasteiger partial charge < -0.3 is 9.57 Å². The standard InChI is InChI=1S/C26H28ClF2N5O3/c1-26(2,3)36-25(35)37-33-13-17-10-18(27)8-9-21(17)34-22(14-33)31-32-24(34)16-6-4-15(5-7-16)23-20(29)11-19(28)12-30-23/h8-12,15-16H,4-7,13-14H2,1-3H3. The van der Waals surface area contributed by atoms with Gasteiger partial charge in [-0.15, -0.1) is 15.3 Å². The number of hydroxylamine groups is 2. The Bertz CT molecular complexity index is 1320. The summed E-state index contributed by atoms with van der Waals surface area (Å²) in [6.45, 7) is 5.80. The zero-order chi connectivity index (χ0) is 26.3. The monoisotopic (exact) mass is 531 g/mol. The summed E-state index contributed by atoms with van der Waals surface area (Å²) in [5, 5.41) is 11.0. The van der Waals surface area contributed by atoms with E-state index in [1.807, 2.05) is 16.7 Å². The molecule has 0 amide bonds. The van der Waals surface area contributed by atoms with Crippen LogP contribution >= 0.6 is 11.6 Å². The van der Waals surface area contributed by atoms with Gasteiger partial charge >= 0.3 is 6.16 Å². The molecule has 1 aliphatic heterocycles. The van der Waals surface area contributed by atoms with Crippen molar-refractivity contribution in [1.82, 2.24) is 24.8 Å². The van der Waals surface area contributed by atoms with E-state index in [-0.39, 0.29) is 18.4 Å². The van der Waals surface area contributed by atoms with Gasteiger partial charge in [0.1, 0.15) is 23.1 Å². The lowest BCUT2D eigenvalue weighted by Crippen LogP contribution is -2.31. The van der Waals surface area contributed by atoms with E-state index in [4.69, 9.17) is 21.2 Å². The first-order valence-electron chi connectivity index (χ1n) is 12.3. The van der Waals surface area contributed by atoms with Crippen LogP contribution in [0, 0.1) is 11.6 Å². The highest BCUT2D eigenvalue weighted by atomic mass is 35.5. The number of hydrogen-bond acceptors (Lipinski definition) is 7. The van der Waals surface area contributed by atoms with Crippen molar-refractivity contribution in [2.45, 2.75) is 77.0 Å². The van der Waals surface area contributed by atoms with Crippen LogP contribution in [0.15, 0.2) is 30.5 Å². The lowest BCUT2D eigenvalue weighted by Gasteiger charge is -2.28. The summed E-state index contributed by atoms with van der Waals surface area (Å²) in [5.41, 5.74) is 1.34. The second-order valence-corrected chi connectivity index (χ2v) is 10.9. The van der Waals surface area contributed by atoms with E-state index in [0.29, 0.717) is 35.9 Å². The summed E-state index contributed by atoms with van der Waals surface area (Å²) >= 11 is 6.31. The molecule has 1 aliphatic carbocycles. The number of rotatable bonds is 3.